The number of amides is 2. The number of carbonyl (C=O) groups is 2. The van der Waals surface area contributed by atoms with Crippen LogP contribution in [-0.4, -0.2) is 24.4 Å². The first kappa shape index (κ1) is 16.3. The van der Waals surface area contributed by atoms with E-state index in [1.54, 1.807) is 0 Å². The van der Waals surface area contributed by atoms with Gasteiger partial charge in [-0.1, -0.05) is 46.0 Å². The monoisotopic (exact) mass is 294 g/mol. The van der Waals surface area contributed by atoms with E-state index in [2.05, 4.69) is 24.5 Å². The van der Waals surface area contributed by atoms with Crippen molar-refractivity contribution in [2.45, 2.75) is 71.3 Å². The lowest BCUT2D eigenvalue weighted by molar-refractivity contribution is -0.129. The van der Waals surface area contributed by atoms with Gasteiger partial charge in [-0.2, -0.15) is 0 Å². The maximum atomic E-state index is 12.0. The molecule has 2 fully saturated rings. The average molecular weight is 294 g/mol. The highest BCUT2D eigenvalue weighted by Crippen LogP contribution is 2.29. The largest absolute Gasteiger partial charge is 0.352 e. The third kappa shape index (κ3) is 4.72. The molecule has 4 nitrogen and oxygen atoms in total. The molecule has 21 heavy (non-hydrogen) atoms. The summed E-state index contributed by atoms with van der Waals surface area (Å²) in [5.41, 5.74) is 0. The van der Waals surface area contributed by atoms with Crippen molar-refractivity contribution in [3.8, 4) is 0 Å². The summed E-state index contributed by atoms with van der Waals surface area (Å²) in [4.78, 5) is 24.0. The van der Waals surface area contributed by atoms with Crippen LogP contribution in [0.2, 0.25) is 0 Å². The Morgan fingerprint density at radius 1 is 0.952 bits per heavy atom. The average Bonchev–Trinajstić information content (AvgIpc) is 2.50. The van der Waals surface area contributed by atoms with Gasteiger partial charge in [-0.3, -0.25) is 9.59 Å². The van der Waals surface area contributed by atoms with E-state index in [1.165, 1.54) is 19.3 Å². The van der Waals surface area contributed by atoms with Crippen molar-refractivity contribution >= 4 is 11.8 Å². The third-order valence-corrected chi connectivity index (χ3v) is 5.45. The Morgan fingerprint density at radius 3 is 2.38 bits per heavy atom. The highest BCUT2D eigenvalue weighted by atomic mass is 16.2. The molecule has 0 aliphatic heterocycles. The van der Waals surface area contributed by atoms with Crippen molar-refractivity contribution in [1.82, 2.24) is 10.6 Å². The molecule has 0 aromatic rings. The fourth-order valence-electron chi connectivity index (χ4n) is 3.72. The summed E-state index contributed by atoms with van der Waals surface area (Å²) in [7, 11) is 0. The van der Waals surface area contributed by atoms with Crippen LogP contribution < -0.4 is 10.6 Å². The Labute approximate surface area is 128 Å². The van der Waals surface area contributed by atoms with E-state index in [9.17, 15) is 9.59 Å². The molecule has 2 aliphatic rings. The van der Waals surface area contributed by atoms with Crippen LogP contribution in [0.15, 0.2) is 0 Å². The SMILES string of the molecule is C[C@H]1[C@H](C)CCC[C@H]1NC(=O)CNC(=O)C1CCCCC1. The number of carbonyl (C=O) groups excluding carboxylic acids is 2. The summed E-state index contributed by atoms with van der Waals surface area (Å²) >= 11 is 0. The minimum Gasteiger partial charge on any atom is -0.352 e. The molecule has 0 bridgehead atoms. The van der Waals surface area contributed by atoms with E-state index in [1.807, 2.05) is 0 Å². The van der Waals surface area contributed by atoms with Gasteiger partial charge in [-0.25, -0.2) is 0 Å². The molecule has 2 aliphatic carbocycles. The quantitative estimate of drug-likeness (QED) is 0.837. The maximum absolute atomic E-state index is 12.0. The van der Waals surface area contributed by atoms with E-state index in [-0.39, 0.29) is 30.3 Å². The van der Waals surface area contributed by atoms with Crippen molar-refractivity contribution in [3.63, 3.8) is 0 Å². The fourth-order valence-corrected chi connectivity index (χ4v) is 3.72. The first-order valence-electron chi connectivity index (χ1n) is 8.65. The first-order chi connectivity index (χ1) is 10.1. The van der Waals surface area contributed by atoms with Gasteiger partial charge in [-0.15, -0.1) is 0 Å². The molecule has 0 radical (unpaired) electrons. The highest BCUT2D eigenvalue weighted by Gasteiger charge is 2.28. The van der Waals surface area contributed by atoms with Gasteiger partial charge >= 0.3 is 0 Å². The van der Waals surface area contributed by atoms with Crippen molar-refractivity contribution in [2.75, 3.05) is 6.54 Å². The summed E-state index contributed by atoms with van der Waals surface area (Å²) in [5.74, 6) is 1.35. The second-order valence-electron chi connectivity index (χ2n) is 6.99. The Hall–Kier alpha value is -1.06. The zero-order valence-corrected chi connectivity index (χ0v) is 13.5. The molecule has 3 atom stereocenters. The smallest absolute Gasteiger partial charge is 0.239 e. The summed E-state index contributed by atoms with van der Waals surface area (Å²) < 4.78 is 0. The molecule has 2 rings (SSSR count). The lowest BCUT2D eigenvalue weighted by atomic mass is 9.78. The minimum atomic E-state index is -0.0369. The number of rotatable bonds is 4. The third-order valence-electron chi connectivity index (χ3n) is 5.45. The normalized spacial score (nSPS) is 30.7. The van der Waals surface area contributed by atoms with Gasteiger partial charge < -0.3 is 10.6 Å². The number of hydrogen-bond acceptors (Lipinski definition) is 2. The Balaban J connectivity index is 1.70. The lowest BCUT2D eigenvalue weighted by Gasteiger charge is -2.34. The predicted molar refractivity (Wildman–Crippen MR) is 83.7 cm³/mol. The zero-order valence-electron chi connectivity index (χ0n) is 13.5. The highest BCUT2D eigenvalue weighted by molar-refractivity contribution is 5.85. The van der Waals surface area contributed by atoms with E-state index < -0.39 is 0 Å². The predicted octanol–water partition coefficient (Wildman–Crippen LogP) is 2.62. The molecule has 2 saturated carbocycles. The molecule has 4 heteroatoms. The van der Waals surface area contributed by atoms with Crippen LogP contribution in [0.5, 0.6) is 0 Å². The van der Waals surface area contributed by atoms with Crippen LogP contribution in [0, 0.1) is 17.8 Å². The van der Waals surface area contributed by atoms with E-state index in [0.717, 1.165) is 32.1 Å². The Bertz CT molecular complexity index is 364. The van der Waals surface area contributed by atoms with Crippen LogP contribution in [0.1, 0.15) is 65.2 Å². The van der Waals surface area contributed by atoms with Gasteiger partial charge in [0.25, 0.3) is 0 Å². The molecular formula is C17H30N2O2. The van der Waals surface area contributed by atoms with Gasteiger partial charge in [0, 0.05) is 12.0 Å². The summed E-state index contributed by atoms with van der Waals surface area (Å²) in [6.07, 6.45) is 8.98. The standard InChI is InChI=1S/C17H30N2O2/c1-12-7-6-10-15(13(12)2)19-16(20)11-18-17(21)14-8-4-3-5-9-14/h12-15H,3-11H2,1-2H3,(H,18,21)(H,19,20)/t12-,13+,15-/m1/s1. The van der Waals surface area contributed by atoms with Crippen LogP contribution >= 0.6 is 0 Å². The van der Waals surface area contributed by atoms with Gasteiger partial charge in [0.2, 0.25) is 11.8 Å². The molecule has 0 spiro atoms. The van der Waals surface area contributed by atoms with Crippen molar-refractivity contribution in [3.05, 3.63) is 0 Å². The van der Waals surface area contributed by atoms with Crippen molar-refractivity contribution in [2.24, 2.45) is 17.8 Å². The fraction of sp³-hybridized carbons (Fsp3) is 0.882. The van der Waals surface area contributed by atoms with Gasteiger partial charge in [0.1, 0.15) is 0 Å². The maximum Gasteiger partial charge on any atom is 0.239 e. The van der Waals surface area contributed by atoms with E-state index in [0.29, 0.717) is 11.8 Å². The second kappa shape index (κ2) is 7.81. The van der Waals surface area contributed by atoms with Crippen molar-refractivity contribution < 1.29 is 9.59 Å². The topological polar surface area (TPSA) is 58.2 Å². The zero-order chi connectivity index (χ0) is 15.2. The van der Waals surface area contributed by atoms with Gasteiger partial charge in [-0.05, 0) is 31.1 Å². The molecule has 0 saturated heterocycles. The van der Waals surface area contributed by atoms with Gasteiger partial charge in [0.15, 0.2) is 0 Å². The molecule has 2 amide bonds. The summed E-state index contributed by atoms with van der Waals surface area (Å²) in [6.45, 7) is 4.61. The van der Waals surface area contributed by atoms with Crippen molar-refractivity contribution in [1.29, 1.82) is 0 Å². The minimum absolute atomic E-state index is 0.0369. The van der Waals surface area contributed by atoms with Crippen LogP contribution in [0.4, 0.5) is 0 Å². The Morgan fingerprint density at radius 2 is 1.67 bits per heavy atom. The molecule has 2 N–H and O–H groups in total. The summed E-state index contributed by atoms with van der Waals surface area (Å²) in [6, 6.07) is 0.271. The summed E-state index contributed by atoms with van der Waals surface area (Å²) in [5, 5.41) is 5.92. The lowest BCUT2D eigenvalue weighted by Crippen LogP contribution is -2.48. The molecule has 0 unspecified atom stereocenters. The molecule has 120 valence electrons. The van der Waals surface area contributed by atoms with Crippen LogP contribution in [0.25, 0.3) is 0 Å². The van der Waals surface area contributed by atoms with Crippen LogP contribution in [0.3, 0.4) is 0 Å². The first-order valence-corrected chi connectivity index (χ1v) is 8.65. The molecule has 0 heterocycles. The molecule has 0 aromatic heterocycles. The number of nitrogens with one attached hydrogen (secondary N) is 2. The van der Waals surface area contributed by atoms with Crippen LogP contribution in [-0.2, 0) is 9.59 Å². The molecule has 0 aromatic carbocycles. The number of hydrogen-bond donors (Lipinski definition) is 2. The van der Waals surface area contributed by atoms with E-state index >= 15 is 0 Å². The second-order valence-corrected chi connectivity index (χ2v) is 6.99. The Kier molecular flexibility index (Phi) is 6.07. The van der Waals surface area contributed by atoms with E-state index in [4.69, 9.17) is 0 Å². The van der Waals surface area contributed by atoms with Gasteiger partial charge in [0.05, 0.1) is 6.54 Å². The molecular weight excluding hydrogens is 264 g/mol.